The van der Waals surface area contributed by atoms with Gasteiger partial charge in [0.2, 0.25) is 5.28 Å². The predicted octanol–water partition coefficient (Wildman–Crippen LogP) is 2.28. The second-order valence-electron chi connectivity index (χ2n) is 3.79. The molecule has 0 aromatic carbocycles. The van der Waals surface area contributed by atoms with Crippen LogP contribution in [0.4, 0.5) is 11.5 Å². The number of halogens is 1. The van der Waals surface area contributed by atoms with E-state index in [9.17, 15) is 0 Å². The number of aromatic nitrogens is 2. The van der Waals surface area contributed by atoms with E-state index in [4.69, 9.17) is 17.3 Å². The van der Waals surface area contributed by atoms with Crippen LogP contribution in [0.5, 0.6) is 0 Å². The van der Waals surface area contributed by atoms with Crippen molar-refractivity contribution in [3.63, 3.8) is 0 Å². The van der Waals surface area contributed by atoms with Crippen LogP contribution in [0, 0.1) is 6.92 Å². The highest BCUT2D eigenvalue weighted by Crippen LogP contribution is 2.25. The summed E-state index contributed by atoms with van der Waals surface area (Å²) in [6.07, 6.45) is 0. The lowest BCUT2D eigenvalue weighted by Crippen LogP contribution is -2.24. The van der Waals surface area contributed by atoms with Gasteiger partial charge in [-0.1, -0.05) is 0 Å². The summed E-state index contributed by atoms with van der Waals surface area (Å²) < 4.78 is 0. The number of anilines is 2. The molecule has 94 valence electrons. The first-order valence-corrected chi connectivity index (χ1v) is 7.98. The summed E-state index contributed by atoms with van der Waals surface area (Å²) in [5.74, 6) is 4.30. The monoisotopic (exact) mass is 290 g/mol. The van der Waals surface area contributed by atoms with Crippen molar-refractivity contribution in [3.8, 4) is 0 Å². The van der Waals surface area contributed by atoms with Crippen molar-refractivity contribution in [2.75, 3.05) is 34.9 Å². The van der Waals surface area contributed by atoms with Gasteiger partial charge in [-0.25, -0.2) is 4.98 Å². The third-order valence-corrected chi connectivity index (χ3v) is 5.50. The smallest absolute Gasteiger partial charge is 0.224 e. The molecule has 1 saturated heterocycles. The molecule has 1 aromatic rings. The highest BCUT2D eigenvalue weighted by Gasteiger charge is 2.15. The van der Waals surface area contributed by atoms with Crippen molar-refractivity contribution in [2.24, 2.45) is 0 Å². The molecule has 17 heavy (non-hydrogen) atoms. The van der Waals surface area contributed by atoms with Crippen LogP contribution in [0.25, 0.3) is 0 Å². The van der Waals surface area contributed by atoms with E-state index in [0.29, 0.717) is 16.8 Å². The summed E-state index contributed by atoms with van der Waals surface area (Å²) >= 11 is 9.81. The Balaban J connectivity index is 1.98. The van der Waals surface area contributed by atoms with Gasteiger partial charge in [-0.3, -0.25) is 0 Å². The van der Waals surface area contributed by atoms with Crippen LogP contribution in [0.3, 0.4) is 0 Å². The van der Waals surface area contributed by atoms with E-state index in [0.717, 1.165) is 12.2 Å². The topological polar surface area (TPSA) is 63.8 Å². The zero-order chi connectivity index (χ0) is 12.3. The van der Waals surface area contributed by atoms with Gasteiger partial charge >= 0.3 is 0 Å². The van der Waals surface area contributed by atoms with Crippen LogP contribution in [0.2, 0.25) is 5.28 Å². The Morgan fingerprint density at radius 3 is 3.00 bits per heavy atom. The molecule has 1 atom stereocenters. The minimum Gasteiger partial charge on any atom is -0.394 e. The maximum atomic E-state index is 5.91. The maximum Gasteiger partial charge on any atom is 0.224 e. The zero-order valence-corrected chi connectivity index (χ0v) is 12.0. The van der Waals surface area contributed by atoms with Gasteiger partial charge in [0.25, 0.3) is 0 Å². The largest absolute Gasteiger partial charge is 0.394 e. The van der Waals surface area contributed by atoms with Crippen molar-refractivity contribution >= 4 is 46.6 Å². The number of nitrogens with two attached hydrogens (primary N) is 1. The molecule has 1 aromatic heterocycles. The molecule has 3 N–H and O–H groups in total. The van der Waals surface area contributed by atoms with E-state index in [2.05, 4.69) is 15.3 Å². The van der Waals surface area contributed by atoms with Gasteiger partial charge in [0, 0.05) is 29.1 Å². The Bertz CT molecular complexity index is 396. The normalized spacial score (nSPS) is 20.2. The van der Waals surface area contributed by atoms with E-state index < -0.39 is 0 Å². The molecular formula is C10H15ClN4S2. The molecule has 0 saturated carbocycles. The van der Waals surface area contributed by atoms with E-state index in [1.165, 1.54) is 17.3 Å². The summed E-state index contributed by atoms with van der Waals surface area (Å²) in [4.78, 5) is 8.13. The second-order valence-corrected chi connectivity index (χ2v) is 6.69. The van der Waals surface area contributed by atoms with Gasteiger partial charge in [0.15, 0.2) is 5.82 Å². The van der Waals surface area contributed by atoms with Crippen molar-refractivity contribution in [2.45, 2.75) is 12.2 Å². The third kappa shape index (κ3) is 3.56. The standard InChI is InChI=1S/C10H15ClN4S2/c1-6-8(12)9(15-10(11)14-6)13-4-7-5-16-2-3-17-7/h7H,2-5,12H2,1H3,(H,13,14,15). The minimum absolute atomic E-state index is 0.241. The maximum absolute atomic E-state index is 5.91. The Morgan fingerprint density at radius 1 is 1.47 bits per heavy atom. The molecule has 0 amide bonds. The number of thioether (sulfide) groups is 2. The average Bonchev–Trinajstić information content (AvgIpc) is 2.33. The van der Waals surface area contributed by atoms with Gasteiger partial charge in [-0.2, -0.15) is 28.5 Å². The number of hydrogen-bond acceptors (Lipinski definition) is 6. The quantitative estimate of drug-likeness (QED) is 0.833. The van der Waals surface area contributed by atoms with Gasteiger partial charge in [0.05, 0.1) is 11.4 Å². The van der Waals surface area contributed by atoms with Crippen LogP contribution in [0.1, 0.15) is 5.69 Å². The molecule has 0 aliphatic carbocycles. The lowest BCUT2D eigenvalue weighted by molar-refractivity contribution is 0.984. The van der Waals surface area contributed by atoms with Crippen molar-refractivity contribution in [1.29, 1.82) is 0 Å². The fourth-order valence-corrected chi connectivity index (χ4v) is 4.37. The molecule has 1 aliphatic rings. The first-order valence-electron chi connectivity index (χ1n) is 5.39. The summed E-state index contributed by atoms with van der Waals surface area (Å²) in [5, 5.41) is 4.12. The number of aryl methyl sites for hydroxylation is 1. The first-order chi connectivity index (χ1) is 8.16. The highest BCUT2D eigenvalue weighted by atomic mass is 35.5. The molecule has 0 radical (unpaired) electrons. The van der Waals surface area contributed by atoms with Crippen molar-refractivity contribution in [3.05, 3.63) is 11.0 Å². The van der Waals surface area contributed by atoms with Crippen molar-refractivity contribution < 1.29 is 0 Å². The Labute approximate surface area is 114 Å². The molecule has 2 heterocycles. The molecule has 0 spiro atoms. The van der Waals surface area contributed by atoms with Crippen LogP contribution >= 0.6 is 35.1 Å². The van der Waals surface area contributed by atoms with E-state index in [-0.39, 0.29) is 5.28 Å². The molecule has 7 heteroatoms. The van der Waals surface area contributed by atoms with Gasteiger partial charge in [0.1, 0.15) is 0 Å². The second kappa shape index (κ2) is 6.02. The SMILES string of the molecule is Cc1nc(Cl)nc(NCC2CSCCS2)c1N. The summed E-state index contributed by atoms with van der Waals surface area (Å²) in [5.41, 5.74) is 7.22. The van der Waals surface area contributed by atoms with Crippen LogP contribution in [0.15, 0.2) is 0 Å². The molecular weight excluding hydrogens is 276 g/mol. The molecule has 1 unspecified atom stereocenters. The molecule has 1 fully saturated rings. The zero-order valence-electron chi connectivity index (χ0n) is 9.57. The van der Waals surface area contributed by atoms with Crippen LogP contribution in [-0.4, -0.2) is 39.0 Å². The lowest BCUT2D eigenvalue weighted by atomic mass is 10.3. The predicted molar refractivity (Wildman–Crippen MR) is 78.3 cm³/mol. The van der Waals surface area contributed by atoms with Crippen molar-refractivity contribution in [1.82, 2.24) is 9.97 Å². The third-order valence-electron chi connectivity index (χ3n) is 2.49. The number of nitrogen functional groups attached to an aromatic ring is 1. The molecule has 1 aliphatic heterocycles. The summed E-state index contributed by atoms with van der Waals surface area (Å²) in [7, 11) is 0. The molecule has 4 nitrogen and oxygen atoms in total. The summed E-state index contributed by atoms with van der Waals surface area (Å²) in [6, 6.07) is 0. The Hall–Kier alpha value is -0.330. The fourth-order valence-electron chi connectivity index (χ4n) is 1.55. The van der Waals surface area contributed by atoms with Crippen LogP contribution in [-0.2, 0) is 0 Å². The minimum atomic E-state index is 0.241. The van der Waals surface area contributed by atoms with Gasteiger partial charge in [-0.15, -0.1) is 0 Å². The lowest BCUT2D eigenvalue weighted by Gasteiger charge is -2.21. The average molecular weight is 291 g/mol. The summed E-state index contributed by atoms with van der Waals surface area (Å²) in [6.45, 7) is 2.70. The van der Waals surface area contributed by atoms with Gasteiger partial charge < -0.3 is 11.1 Å². The van der Waals surface area contributed by atoms with Gasteiger partial charge in [-0.05, 0) is 18.5 Å². The highest BCUT2D eigenvalue weighted by molar-refractivity contribution is 8.06. The number of nitrogens with zero attached hydrogens (tertiary/aromatic N) is 2. The number of nitrogens with one attached hydrogen (secondary N) is 1. The van der Waals surface area contributed by atoms with E-state index >= 15 is 0 Å². The Morgan fingerprint density at radius 2 is 2.29 bits per heavy atom. The van der Waals surface area contributed by atoms with E-state index in [1.807, 2.05) is 30.4 Å². The number of hydrogen-bond donors (Lipinski definition) is 2. The number of rotatable bonds is 3. The molecule has 0 bridgehead atoms. The Kier molecular flexibility index (Phi) is 4.64. The fraction of sp³-hybridized carbons (Fsp3) is 0.600. The first kappa shape index (κ1) is 13.1. The van der Waals surface area contributed by atoms with E-state index in [1.54, 1.807) is 0 Å². The molecule has 2 rings (SSSR count). The van der Waals surface area contributed by atoms with Crippen LogP contribution < -0.4 is 11.1 Å².